The average molecular weight is 274 g/mol. The van der Waals surface area contributed by atoms with Crippen molar-refractivity contribution < 1.29 is 4.79 Å². The summed E-state index contributed by atoms with van der Waals surface area (Å²) in [7, 11) is 0. The van der Waals surface area contributed by atoms with Crippen LogP contribution in [-0.2, 0) is 4.79 Å². The maximum absolute atomic E-state index is 11.6. The quantitative estimate of drug-likeness (QED) is 0.860. The van der Waals surface area contributed by atoms with Crippen LogP contribution in [-0.4, -0.2) is 11.9 Å². The summed E-state index contributed by atoms with van der Waals surface area (Å²) in [4.78, 5) is 11.6. The molecule has 0 bridgehead atoms. The fraction of sp³-hybridized carbons (Fsp3) is 0.588. The summed E-state index contributed by atoms with van der Waals surface area (Å²) in [5, 5.41) is 6.50. The minimum atomic E-state index is 0.00789. The van der Waals surface area contributed by atoms with Crippen molar-refractivity contribution in [2.24, 2.45) is 11.3 Å². The highest BCUT2D eigenvalue weighted by atomic mass is 16.1. The summed E-state index contributed by atoms with van der Waals surface area (Å²) in [6.45, 7) is 8.46. The molecule has 0 aromatic heterocycles. The normalized spacial score (nSPS) is 20.9. The molecule has 1 unspecified atom stereocenters. The minimum Gasteiger partial charge on any atom is -0.382 e. The van der Waals surface area contributed by atoms with Crippen LogP contribution in [0.25, 0.3) is 0 Å². The zero-order valence-corrected chi connectivity index (χ0v) is 13.0. The third kappa shape index (κ3) is 3.99. The molecule has 1 aromatic carbocycles. The van der Waals surface area contributed by atoms with E-state index in [-0.39, 0.29) is 11.8 Å². The van der Waals surface area contributed by atoms with Gasteiger partial charge in [0.15, 0.2) is 0 Å². The second-order valence-electron chi connectivity index (χ2n) is 6.97. The Hall–Kier alpha value is -1.51. The first-order valence-electron chi connectivity index (χ1n) is 7.53. The molecule has 1 fully saturated rings. The van der Waals surface area contributed by atoms with E-state index in [4.69, 9.17) is 0 Å². The lowest BCUT2D eigenvalue weighted by Gasteiger charge is -2.18. The third-order valence-corrected chi connectivity index (χ3v) is 4.02. The van der Waals surface area contributed by atoms with Gasteiger partial charge in [-0.2, -0.15) is 0 Å². The molecule has 1 atom stereocenters. The number of benzene rings is 1. The van der Waals surface area contributed by atoms with Crippen LogP contribution in [0.3, 0.4) is 0 Å². The van der Waals surface area contributed by atoms with Crippen LogP contribution in [0.4, 0.5) is 11.4 Å². The molecule has 1 aliphatic rings. The molecule has 1 aromatic rings. The van der Waals surface area contributed by atoms with Gasteiger partial charge in [-0.1, -0.05) is 27.7 Å². The van der Waals surface area contributed by atoms with Crippen LogP contribution in [0.5, 0.6) is 0 Å². The summed E-state index contributed by atoms with van der Waals surface area (Å²) in [5.41, 5.74) is 2.46. The van der Waals surface area contributed by atoms with Gasteiger partial charge < -0.3 is 10.6 Å². The number of hydrogen-bond donors (Lipinski definition) is 2. The molecule has 2 rings (SSSR count). The van der Waals surface area contributed by atoms with Crippen LogP contribution in [0.15, 0.2) is 24.3 Å². The summed E-state index contributed by atoms with van der Waals surface area (Å²) in [6.07, 6.45) is 3.74. The zero-order valence-electron chi connectivity index (χ0n) is 13.0. The molecule has 2 N–H and O–H groups in total. The van der Waals surface area contributed by atoms with E-state index in [2.05, 4.69) is 24.5 Å². The lowest BCUT2D eigenvalue weighted by atomic mass is 9.92. The topological polar surface area (TPSA) is 41.1 Å². The largest absolute Gasteiger partial charge is 0.382 e. The average Bonchev–Trinajstić information content (AvgIpc) is 2.71. The van der Waals surface area contributed by atoms with E-state index in [1.807, 2.05) is 38.1 Å². The Kier molecular flexibility index (Phi) is 4.36. The number of nitrogens with one attached hydrogen (secondary N) is 2. The van der Waals surface area contributed by atoms with Gasteiger partial charge in [0.1, 0.15) is 0 Å². The Balaban J connectivity index is 1.90. The van der Waals surface area contributed by atoms with E-state index >= 15 is 0 Å². The van der Waals surface area contributed by atoms with Crippen LogP contribution in [0.1, 0.15) is 47.0 Å². The van der Waals surface area contributed by atoms with Crippen LogP contribution in [0, 0.1) is 11.3 Å². The lowest BCUT2D eigenvalue weighted by Crippen LogP contribution is -2.18. The summed E-state index contributed by atoms with van der Waals surface area (Å²) < 4.78 is 0. The number of anilines is 2. The zero-order chi connectivity index (χ0) is 14.8. The van der Waals surface area contributed by atoms with Crippen molar-refractivity contribution in [3.8, 4) is 0 Å². The Morgan fingerprint density at radius 1 is 1.20 bits per heavy atom. The lowest BCUT2D eigenvalue weighted by molar-refractivity contribution is -0.118. The van der Waals surface area contributed by atoms with E-state index in [0.717, 1.165) is 11.4 Å². The molecule has 3 heteroatoms. The maximum atomic E-state index is 11.6. The molecule has 0 saturated heterocycles. The first-order chi connectivity index (χ1) is 9.35. The van der Waals surface area contributed by atoms with Crippen molar-refractivity contribution in [2.45, 2.75) is 53.0 Å². The maximum Gasteiger partial charge on any atom is 0.226 e. The van der Waals surface area contributed by atoms with Gasteiger partial charge in [0, 0.05) is 23.3 Å². The molecular formula is C17H26N2O. The van der Waals surface area contributed by atoms with Crippen molar-refractivity contribution >= 4 is 17.3 Å². The van der Waals surface area contributed by atoms with Gasteiger partial charge in [0.25, 0.3) is 0 Å². The molecule has 110 valence electrons. The smallest absolute Gasteiger partial charge is 0.226 e. The van der Waals surface area contributed by atoms with E-state index in [1.165, 1.54) is 19.3 Å². The Morgan fingerprint density at radius 3 is 2.30 bits per heavy atom. The monoisotopic (exact) mass is 274 g/mol. The van der Waals surface area contributed by atoms with Crippen molar-refractivity contribution in [1.29, 1.82) is 0 Å². The molecule has 0 radical (unpaired) electrons. The predicted octanol–water partition coefficient (Wildman–Crippen LogP) is 4.27. The second-order valence-corrected chi connectivity index (χ2v) is 6.97. The van der Waals surface area contributed by atoms with Gasteiger partial charge in [-0.25, -0.2) is 0 Å². The standard InChI is InChI=1S/C17H26N2O/c1-12(2)16(20)19-14-7-5-13(6-8-14)18-15-9-10-17(3,4)11-15/h5-8,12,15,18H,9-11H2,1-4H3,(H,19,20). The van der Waals surface area contributed by atoms with Crippen molar-refractivity contribution in [1.82, 2.24) is 0 Å². The van der Waals surface area contributed by atoms with Gasteiger partial charge in [-0.05, 0) is 48.9 Å². The molecule has 0 aliphatic heterocycles. The van der Waals surface area contributed by atoms with Crippen molar-refractivity contribution in [3.63, 3.8) is 0 Å². The Bertz CT molecular complexity index is 462. The first-order valence-corrected chi connectivity index (χ1v) is 7.53. The van der Waals surface area contributed by atoms with Gasteiger partial charge >= 0.3 is 0 Å². The van der Waals surface area contributed by atoms with Crippen molar-refractivity contribution in [2.75, 3.05) is 10.6 Å². The Labute approximate surface area is 122 Å². The molecule has 1 amide bonds. The van der Waals surface area contributed by atoms with Gasteiger partial charge in [0.05, 0.1) is 0 Å². The summed E-state index contributed by atoms with van der Waals surface area (Å²) in [6, 6.07) is 8.58. The van der Waals surface area contributed by atoms with Crippen LogP contribution in [0.2, 0.25) is 0 Å². The third-order valence-electron chi connectivity index (χ3n) is 4.02. The summed E-state index contributed by atoms with van der Waals surface area (Å²) in [5.74, 6) is 0.0665. The minimum absolute atomic E-state index is 0.00789. The fourth-order valence-corrected chi connectivity index (χ4v) is 2.73. The van der Waals surface area contributed by atoms with Gasteiger partial charge in [-0.15, -0.1) is 0 Å². The highest BCUT2D eigenvalue weighted by molar-refractivity contribution is 5.92. The van der Waals surface area contributed by atoms with Gasteiger partial charge in [-0.3, -0.25) is 4.79 Å². The van der Waals surface area contributed by atoms with Gasteiger partial charge in [0.2, 0.25) is 5.91 Å². The molecule has 1 aliphatic carbocycles. The fourth-order valence-electron chi connectivity index (χ4n) is 2.73. The Morgan fingerprint density at radius 2 is 1.80 bits per heavy atom. The highest BCUT2D eigenvalue weighted by Crippen LogP contribution is 2.38. The van der Waals surface area contributed by atoms with E-state index in [0.29, 0.717) is 11.5 Å². The van der Waals surface area contributed by atoms with Crippen LogP contribution >= 0.6 is 0 Å². The molecule has 0 spiro atoms. The molecule has 20 heavy (non-hydrogen) atoms. The van der Waals surface area contributed by atoms with E-state index in [9.17, 15) is 4.79 Å². The van der Waals surface area contributed by atoms with Crippen LogP contribution < -0.4 is 10.6 Å². The molecular weight excluding hydrogens is 248 g/mol. The van der Waals surface area contributed by atoms with E-state index < -0.39 is 0 Å². The number of amides is 1. The molecule has 1 saturated carbocycles. The molecule has 3 nitrogen and oxygen atoms in total. The second kappa shape index (κ2) is 5.86. The number of hydrogen-bond acceptors (Lipinski definition) is 2. The summed E-state index contributed by atoms with van der Waals surface area (Å²) >= 11 is 0. The highest BCUT2D eigenvalue weighted by Gasteiger charge is 2.30. The first kappa shape index (κ1) is 14.9. The number of carbonyl (C=O) groups is 1. The number of rotatable bonds is 4. The van der Waals surface area contributed by atoms with Crippen molar-refractivity contribution in [3.05, 3.63) is 24.3 Å². The molecule has 0 heterocycles. The SMILES string of the molecule is CC(C)C(=O)Nc1ccc(NC2CCC(C)(C)C2)cc1. The van der Waals surface area contributed by atoms with E-state index in [1.54, 1.807) is 0 Å². The number of carbonyl (C=O) groups excluding carboxylic acids is 1. The predicted molar refractivity (Wildman–Crippen MR) is 85.0 cm³/mol.